The van der Waals surface area contributed by atoms with Crippen molar-refractivity contribution in [1.29, 1.82) is 0 Å². The molecule has 4 heterocycles. The van der Waals surface area contributed by atoms with E-state index in [1.807, 2.05) is 30.6 Å². The highest BCUT2D eigenvalue weighted by atomic mass is 15.1. The lowest BCUT2D eigenvalue weighted by Crippen LogP contribution is -1.83. The lowest BCUT2D eigenvalue weighted by atomic mass is 10.1. The number of H-pyrrole nitrogens is 2. The highest BCUT2D eigenvalue weighted by molar-refractivity contribution is 5.94. The summed E-state index contributed by atoms with van der Waals surface area (Å²) in [6, 6.07) is 6.00. The number of aromatic nitrogens is 5. The summed E-state index contributed by atoms with van der Waals surface area (Å²) in [7, 11) is 0. The molecule has 0 bridgehead atoms. The van der Waals surface area contributed by atoms with Gasteiger partial charge in [0.15, 0.2) is 5.65 Å². The molecule has 2 N–H and O–H groups in total. The molecular weight excluding hydrogens is 226 g/mol. The van der Waals surface area contributed by atoms with Crippen molar-refractivity contribution in [2.24, 2.45) is 0 Å². The van der Waals surface area contributed by atoms with Crippen molar-refractivity contribution < 1.29 is 0 Å². The number of hydrogen-bond acceptors (Lipinski definition) is 3. The van der Waals surface area contributed by atoms with Gasteiger partial charge in [-0.2, -0.15) is 5.10 Å². The van der Waals surface area contributed by atoms with Gasteiger partial charge in [-0.15, -0.1) is 0 Å². The molecule has 4 aromatic heterocycles. The van der Waals surface area contributed by atoms with E-state index in [0.717, 1.165) is 33.2 Å². The van der Waals surface area contributed by atoms with Gasteiger partial charge >= 0.3 is 0 Å². The van der Waals surface area contributed by atoms with Crippen LogP contribution < -0.4 is 0 Å². The second-order valence-corrected chi connectivity index (χ2v) is 4.13. The molecule has 0 aliphatic heterocycles. The topological polar surface area (TPSA) is 70.2 Å². The number of rotatable bonds is 1. The normalized spacial score (nSPS) is 11.3. The van der Waals surface area contributed by atoms with Crippen molar-refractivity contribution in [3.8, 4) is 11.3 Å². The van der Waals surface area contributed by atoms with Crippen molar-refractivity contribution in [2.75, 3.05) is 0 Å². The van der Waals surface area contributed by atoms with E-state index in [9.17, 15) is 0 Å². The third-order valence-electron chi connectivity index (χ3n) is 3.06. The monoisotopic (exact) mass is 235 g/mol. The summed E-state index contributed by atoms with van der Waals surface area (Å²) < 4.78 is 0. The Kier molecular flexibility index (Phi) is 1.77. The summed E-state index contributed by atoms with van der Waals surface area (Å²) >= 11 is 0. The van der Waals surface area contributed by atoms with Gasteiger partial charge in [0, 0.05) is 28.7 Å². The summed E-state index contributed by atoms with van der Waals surface area (Å²) in [6.45, 7) is 0. The van der Waals surface area contributed by atoms with Crippen molar-refractivity contribution >= 4 is 21.9 Å². The van der Waals surface area contributed by atoms with Gasteiger partial charge in [-0.3, -0.25) is 10.1 Å². The van der Waals surface area contributed by atoms with Crippen molar-refractivity contribution in [3.05, 3.63) is 43.0 Å². The van der Waals surface area contributed by atoms with Crippen LogP contribution in [-0.4, -0.2) is 25.1 Å². The lowest BCUT2D eigenvalue weighted by Gasteiger charge is -1.98. The zero-order chi connectivity index (χ0) is 11.9. The minimum Gasteiger partial charge on any atom is -0.359 e. The van der Waals surface area contributed by atoms with E-state index in [4.69, 9.17) is 0 Å². The molecule has 86 valence electrons. The Morgan fingerprint density at radius 2 is 2.06 bits per heavy atom. The molecule has 0 spiro atoms. The van der Waals surface area contributed by atoms with Gasteiger partial charge in [0.1, 0.15) is 0 Å². The number of aromatic amines is 2. The largest absolute Gasteiger partial charge is 0.359 e. The van der Waals surface area contributed by atoms with E-state index < -0.39 is 0 Å². The van der Waals surface area contributed by atoms with Crippen LogP contribution in [0.3, 0.4) is 0 Å². The second kappa shape index (κ2) is 3.40. The fourth-order valence-corrected chi connectivity index (χ4v) is 2.16. The van der Waals surface area contributed by atoms with Crippen LogP contribution in [0.1, 0.15) is 0 Å². The van der Waals surface area contributed by atoms with Crippen LogP contribution in [0.15, 0.2) is 43.0 Å². The molecule has 0 aromatic carbocycles. The minimum absolute atomic E-state index is 0.802. The molecule has 0 unspecified atom stereocenters. The van der Waals surface area contributed by atoms with Crippen LogP contribution in [0.2, 0.25) is 0 Å². The Morgan fingerprint density at radius 3 is 3.06 bits per heavy atom. The van der Waals surface area contributed by atoms with E-state index >= 15 is 0 Å². The standard InChI is InChI=1S/C13H9N5/c1-2-11(17-13-8(1)5-16-18-13)10-6-15-12-7-14-4-3-9(10)12/h1-7,15H,(H,16,17,18). The quantitative estimate of drug-likeness (QED) is 0.532. The Hall–Kier alpha value is -2.69. The molecule has 0 saturated heterocycles. The van der Waals surface area contributed by atoms with E-state index in [-0.39, 0.29) is 0 Å². The number of hydrogen-bond donors (Lipinski definition) is 2. The number of pyridine rings is 2. The van der Waals surface area contributed by atoms with Gasteiger partial charge in [0.05, 0.1) is 23.6 Å². The Morgan fingerprint density at radius 1 is 1.06 bits per heavy atom. The summed E-state index contributed by atoms with van der Waals surface area (Å²) in [6.07, 6.45) is 7.32. The van der Waals surface area contributed by atoms with E-state index in [0.29, 0.717) is 0 Å². The van der Waals surface area contributed by atoms with Gasteiger partial charge in [0.25, 0.3) is 0 Å². The lowest BCUT2D eigenvalue weighted by molar-refractivity contribution is 1.10. The molecule has 5 heteroatoms. The van der Waals surface area contributed by atoms with Crippen LogP contribution in [-0.2, 0) is 0 Å². The molecule has 0 atom stereocenters. The third-order valence-corrected chi connectivity index (χ3v) is 3.06. The number of nitrogens with one attached hydrogen (secondary N) is 2. The van der Waals surface area contributed by atoms with Crippen molar-refractivity contribution in [2.45, 2.75) is 0 Å². The van der Waals surface area contributed by atoms with Gasteiger partial charge < -0.3 is 4.98 Å². The molecule has 4 rings (SSSR count). The maximum absolute atomic E-state index is 4.57. The molecule has 18 heavy (non-hydrogen) atoms. The number of fused-ring (bicyclic) bond motifs is 2. The van der Waals surface area contributed by atoms with Crippen LogP contribution in [0, 0.1) is 0 Å². The summed E-state index contributed by atoms with van der Waals surface area (Å²) in [4.78, 5) is 11.9. The maximum Gasteiger partial charge on any atom is 0.155 e. The molecule has 0 aliphatic rings. The zero-order valence-corrected chi connectivity index (χ0v) is 9.38. The van der Waals surface area contributed by atoms with Gasteiger partial charge in [-0.05, 0) is 18.2 Å². The average molecular weight is 235 g/mol. The Bertz CT molecular complexity index is 842. The SMILES string of the molecule is c1cc2c(-c3ccc4cn[nH]c4n3)c[nH]c2cn1. The van der Waals surface area contributed by atoms with Crippen LogP contribution >= 0.6 is 0 Å². The van der Waals surface area contributed by atoms with E-state index in [1.165, 1.54) is 0 Å². The summed E-state index contributed by atoms with van der Waals surface area (Å²) in [5.41, 5.74) is 3.81. The van der Waals surface area contributed by atoms with Gasteiger partial charge in [-0.1, -0.05) is 0 Å². The highest BCUT2D eigenvalue weighted by Crippen LogP contribution is 2.27. The van der Waals surface area contributed by atoms with Gasteiger partial charge in [0.2, 0.25) is 0 Å². The van der Waals surface area contributed by atoms with Crippen LogP contribution in [0.25, 0.3) is 33.2 Å². The average Bonchev–Trinajstić information content (AvgIpc) is 3.04. The van der Waals surface area contributed by atoms with Gasteiger partial charge in [-0.25, -0.2) is 4.98 Å². The summed E-state index contributed by atoms with van der Waals surface area (Å²) in [5, 5.41) is 9.00. The molecule has 0 amide bonds. The summed E-state index contributed by atoms with van der Waals surface area (Å²) in [5.74, 6) is 0. The molecule has 0 saturated carbocycles. The second-order valence-electron chi connectivity index (χ2n) is 4.13. The number of nitrogens with zero attached hydrogens (tertiary/aromatic N) is 3. The predicted octanol–water partition coefficient (Wildman–Crippen LogP) is 2.50. The van der Waals surface area contributed by atoms with E-state index in [1.54, 1.807) is 12.4 Å². The molecule has 0 aliphatic carbocycles. The molecule has 4 aromatic rings. The smallest absolute Gasteiger partial charge is 0.155 e. The maximum atomic E-state index is 4.57. The first-order chi connectivity index (χ1) is 8.92. The molecule has 5 nitrogen and oxygen atoms in total. The fourth-order valence-electron chi connectivity index (χ4n) is 2.16. The first-order valence-corrected chi connectivity index (χ1v) is 5.63. The fraction of sp³-hybridized carbons (Fsp3) is 0. The van der Waals surface area contributed by atoms with Crippen molar-refractivity contribution in [1.82, 2.24) is 25.1 Å². The first kappa shape index (κ1) is 9.35. The minimum atomic E-state index is 0.802. The molecular formula is C13H9N5. The third kappa shape index (κ3) is 1.24. The Balaban J connectivity index is 2.00. The van der Waals surface area contributed by atoms with Crippen LogP contribution in [0.5, 0.6) is 0 Å². The molecule has 0 radical (unpaired) electrons. The van der Waals surface area contributed by atoms with Crippen molar-refractivity contribution in [3.63, 3.8) is 0 Å². The zero-order valence-electron chi connectivity index (χ0n) is 9.38. The van der Waals surface area contributed by atoms with E-state index in [2.05, 4.69) is 25.1 Å². The molecule has 0 fully saturated rings. The highest BCUT2D eigenvalue weighted by Gasteiger charge is 2.08. The predicted molar refractivity (Wildman–Crippen MR) is 69.0 cm³/mol. The Labute approximate surface area is 102 Å². The first-order valence-electron chi connectivity index (χ1n) is 5.63. The van der Waals surface area contributed by atoms with Crippen LogP contribution in [0.4, 0.5) is 0 Å².